The summed E-state index contributed by atoms with van der Waals surface area (Å²) in [5.41, 5.74) is 0. The molecule has 118 valence electrons. The number of hydrogen-bond acceptors (Lipinski definition) is 4. The molecule has 21 heavy (non-hydrogen) atoms. The SMILES string of the molecule is CCCC(C)N(C)CC(=O)NC(=O)NCCc1cccs1. The first kappa shape index (κ1) is 17.7. The van der Waals surface area contributed by atoms with Crippen molar-refractivity contribution in [1.82, 2.24) is 15.5 Å². The maximum absolute atomic E-state index is 11.8. The van der Waals surface area contributed by atoms with Gasteiger partial charge in [-0.15, -0.1) is 11.3 Å². The Kier molecular flexibility index (Phi) is 8.00. The van der Waals surface area contributed by atoms with Gasteiger partial charge in [0.05, 0.1) is 6.54 Å². The van der Waals surface area contributed by atoms with Gasteiger partial charge in [0.15, 0.2) is 0 Å². The molecule has 0 saturated heterocycles. The summed E-state index contributed by atoms with van der Waals surface area (Å²) in [5, 5.41) is 7.06. The molecule has 1 rings (SSSR count). The third kappa shape index (κ3) is 7.24. The Hall–Kier alpha value is -1.40. The largest absolute Gasteiger partial charge is 0.337 e. The maximum Gasteiger partial charge on any atom is 0.321 e. The molecule has 0 spiro atoms. The fourth-order valence-electron chi connectivity index (χ4n) is 1.98. The van der Waals surface area contributed by atoms with Gasteiger partial charge in [-0.3, -0.25) is 15.0 Å². The van der Waals surface area contributed by atoms with Crippen molar-refractivity contribution < 1.29 is 9.59 Å². The van der Waals surface area contributed by atoms with Crippen LogP contribution < -0.4 is 10.6 Å². The highest BCUT2D eigenvalue weighted by Gasteiger charge is 2.14. The van der Waals surface area contributed by atoms with Crippen molar-refractivity contribution in [2.75, 3.05) is 20.1 Å². The first-order valence-corrected chi connectivity index (χ1v) is 8.21. The average Bonchev–Trinajstić information content (AvgIpc) is 2.91. The Morgan fingerprint density at radius 3 is 2.81 bits per heavy atom. The van der Waals surface area contributed by atoms with Crippen LogP contribution in [0.2, 0.25) is 0 Å². The standard InChI is InChI=1S/C15H25N3O2S/c1-4-6-12(2)18(3)11-14(19)17-15(20)16-9-8-13-7-5-10-21-13/h5,7,10,12H,4,6,8-9,11H2,1-3H3,(H2,16,17,19,20). The van der Waals surface area contributed by atoms with E-state index < -0.39 is 6.03 Å². The summed E-state index contributed by atoms with van der Waals surface area (Å²) in [6.45, 7) is 4.96. The van der Waals surface area contributed by atoms with E-state index in [1.807, 2.05) is 29.5 Å². The molecule has 0 saturated carbocycles. The van der Waals surface area contributed by atoms with Gasteiger partial charge in [0, 0.05) is 17.5 Å². The summed E-state index contributed by atoms with van der Waals surface area (Å²) < 4.78 is 0. The number of nitrogens with one attached hydrogen (secondary N) is 2. The molecular weight excluding hydrogens is 286 g/mol. The Labute approximate surface area is 130 Å². The first-order chi connectivity index (χ1) is 10.0. The smallest absolute Gasteiger partial charge is 0.321 e. The molecule has 1 unspecified atom stereocenters. The lowest BCUT2D eigenvalue weighted by Crippen LogP contribution is -2.45. The van der Waals surface area contributed by atoms with Gasteiger partial charge in [-0.1, -0.05) is 19.4 Å². The highest BCUT2D eigenvalue weighted by atomic mass is 32.1. The van der Waals surface area contributed by atoms with Crippen molar-refractivity contribution in [3.05, 3.63) is 22.4 Å². The summed E-state index contributed by atoms with van der Waals surface area (Å²) in [5.74, 6) is -0.269. The van der Waals surface area contributed by atoms with Crippen LogP contribution in [0.5, 0.6) is 0 Å². The predicted octanol–water partition coefficient (Wildman–Crippen LogP) is 2.24. The van der Waals surface area contributed by atoms with Crippen LogP contribution in [-0.4, -0.2) is 43.0 Å². The predicted molar refractivity (Wildman–Crippen MR) is 86.6 cm³/mol. The van der Waals surface area contributed by atoms with Crippen LogP contribution in [-0.2, 0) is 11.2 Å². The van der Waals surface area contributed by atoms with Crippen molar-refractivity contribution in [3.8, 4) is 0 Å². The third-order valence-electron chi connectivity index (χ3n) is 3.34. The number of hydrogen-bond donors (Lipinski definition) is 2. The quantitative estimate of drug-likeness (QED) is 0.774. The zero-order valence-corrected chi connectivity index (χ0v) is 13.8. The Morgan fingerprint density at radius 2 is 2.19 bits per heavy atom. The molecule has 0 fully saturated rings. The normalized spacial score (nSPS) is 12.2. The summed E-state index contributed by atoms with van der Waals surface area (Å²) in [4.78, 5) is 26.5. The number of carbonyl (C=O) groups excluding carboxylic acids is 2. The van der Waals surface area contributed by atoms with E-state index in [0.29, 0.717) is 12.6 Å². The number of nitrogens with zero attached hydrogens (tertiary/aromatic N) is 1. The molecule has 1 aromatic rings. The molecule has 0 aliphatic rings. The molecule has 0 aromatic carbocycles. The van der Waals surface area contributed by atoms with Crippen LogP contribution in [0.15, 0.2) is 17.5 Å². The summed E-state index contributed by atoms with van der Waals surface area (Å²) in [7, 11) is 1.90. The number of rotatable bonds is 8. The van der Waals surface area contributed by atoms with Gasteiger partial charge in [0.1, 0.15) is 0 Å². The van der Waals surface area contributed by atoms with Crippen LogP contribution in [0.25, 0.3) is 0 Å². The summed E-state index contributed by atoms with van der Waals surface area (Å²) in [6, 6.07) is 3.92. The van der Waals surface area contributed by atoms with Crippen molar-refractivity contribution in [1.29, 1.82) is 0 Å². The van der Waals surface area contributed by atoms with E-state index in [9.17, 15) is 9.59 Å². The second-order valence-corrected chi connectivity index (χ2v) is 6.22. The number of amides is 3. The van der Waals surface area contributed by atoms with E-state index in [-0.39, 0.29) is 12.5 Å². The van der Waals surface area contributed by atoms with Gasteiger partial charge in [-0.25, -0.2) is 4.79 Å². The van der Waals surface area contributed by atoms with Gasteiger partial charge in [0.25, 0.3) is 0 Å². The van der Waals surface area contributed by atoms with Crippen molar-refractivity contribution in [2.24, 2.45) is 0 Å². The van der Waals surface area contributed by atoms with Crippen molar-refractivity contribution in [3.63, 3.8) is 0 Å². The number of carbonyl (C=O) groups is 2. The third-order valence-corrected chi connectivity index (χ3v) is 4.28. The Morgan fingerprint density at radius 1 is 1.43 bits per heavy atom. The molecule has 0 aliphatic heterocycles. The number of imide groups is 1. The van der Waals surface area contributed by atoms with Crippen LogP contribution in [0.3, 0.4) is 0 Å². The average molecular weight is 311 g/mol. The van der Waals surface area contributed by atoms with Crippen LogP contribution in [0.4, 0.5) is 4.79 Å². The van der Waals surface area contributed by atoms with E-state index in [0.717, 1.165) is 19.3 Å². The highest BCUT2D eigenvalue weighted by Crippen LogP contribution is 2.08. The van der Waals surface area contributed by atoms with Crippen LogP contribution in [0.1, 0.15) is 31.6 Å². The molecule has 0 bridgehead atoms. The summed E-state index contributed by atoms with van der Waals surface area (Å²) in [6.07, 6.45) is 2.90. The molecule has 1 aromatic heterocycles. The number of likely N-dealkylation sites (N-methyl/N-ethyl adjacent to an activating group) is 1. The highest BCUT2D eigenvalue weighted by molar-refractivity contribution is 7.09. The minimum absolute atomic E-state index is 0.236. The molecule has 2 N–H and O–H groups in total. The Balaban J connectivity index is 2.19. The molecule has 0 radical (unpaired) electrons. The summed E-state index contributed by atoms with van der Waals surface area (Å²) >= 11 is 1.66. The van der Waals surface area contributed by atoms with E-state index in [1.54, 1.807) is 11.3 Å². The Bertz CT molecular complexity index is 434. The molecule has 6 heteroatoms. The minimum Gasteiger partial charge on any atom is -0.337 e. The van der Waals surface area contributed by atoms with Gasteiger partial charge in [0.2, 0.25) is 5.91 Å². The fourth-order valence-corrected chi connectivity index (χ4v) is 2.69. The zero-order chi connectivity index (χ0) is 15.7. The molecule has 3 amide bonds. The van der Waals surface area contributed by atoms with Gasteiger partial charge in [-0.2, -0.15) is 0 Å². The molecule has 0 aliphatic carbocycles. The van der Waals surface area contributed by atoms with Crippen LogP contribution >= 0.6 is 11.3 Å². The lowest BCUT2D eigenvalue weighted by atomic mass is 10.2. The van der Waals surface area contributed by atoms with E-state index >= 15 is 0 Å². The van der Waals surface area contributed by atoms with Crippen molar-refractivity contribution in [2.45, 2.75) is 39.2 Å². The van der Waals surface area contributed by atoms with E-state index in [2.05, 4.69) is 24.5 Å². The topological polar surface area (TPSA) is 61.4 Å². The van der Waals surface area contributed by atoms with E-state index in [1.165, 1.54) is 4.88 Å². The second-order valence-electron chi connectivity index (χ2n) is 5.19. The maximum atomic E-state index is 11.8. The van der Waals surface area contributed by atoms with E-state index in [4.69, 9.17) is 0 Å². The fraction of sp³-hybridized carbons (Fsp3) is 0.600. The van der Waals surface area contributed by atoms with Gasteiger partial charge < -0.3 is 5.32 Å². The molecule has 1 heterocycles. The minimum atomic E-state index is -0.423. The molecule has 5 nitrogen and oxygen atoms in total. The molecular formula is C15H25N3O2S. The lowest BCUT2D eigenvalue weighted by Gasteiger charge is -2.23. The first-order valence-electron chi connectivity index (χ1n) is 7.33. The van der Waals surface area contributed by atoms with Gasteiger partial charge in [-0.05, 0) is 38.3 Å². The zero-order valence-electron chi connectivity index (χ0n) is 13.0. The monoisotopic (exact) mass is 311 g/mol. The van der Waals surface area contributed by atoms with Gasteiger partial charge >= 0.3 is 6.03 Å². The van der Waals surface area contributed by atoms with Crippen LogP contribution in [0, 0.1) is 0 Å². The molecule has 1 atom stereocenters. The number of urea groups is 1. The van der Waals surface area contributed by atoms with Crippen molar-refractivity contribution >= 4 is 23.3 Å². The number of thiophene rings is 1. The lowest BCUT2D eigenvalue weighted by molar-refractivity contribution is -0.121. The second kappa shape index (κ2) is 9.52.